The van der Waals surface area contributed by atoms with Crippen molar-refractivity contribution in [2.75, 3.05) is 32.9 Å². The molecule has 0 bridgehead atoms. The SMILES string of the molecule is OCC1CCN(C2CCOCC2)CC1. The Kier molecular flexibility index (Phi) is 3.79. The van der Waals surface area contributed by atoms with Gasteiger partial charge in [-0.25, -0.2) is 0 Å². The first-order valence-electron chi connectivity index (χ1n) is 5.83. The molecule has 2 aliphatic heterocycles. The Morgan fingerprint density at radius 3 is 2.29 bits per heavy atom. The predicted molar refractivity (Wildman–Crippen MR) is 55.2 cm³/mol. The zero-order valence-corrected chi connectivity index (χ0v) is 8.82. The molecule has 2 aliphatic rings. The standard InChI is InChI=1S/C11H21NO2/c13-9-10-1-5-12(6-2-10)11-3-7-14-8-4-11/h10-11,13H,1-9H2. The maximum atomic E-state index is 9.05. The molecule has 82 valence electrons. The van der Waals surface area contributed by atoms with Crippen LogP contribution in [0.4, 0.5) is 0 Å². The van der Waals surface area contributed by atoms with Gasteiger partial charge < -0.3 is 14.7 Å². The fourth-order valence-corrected chi connectivity index (χ4v) is 2.55. The Morgan fingerprint density at radius 2 is 1.71 bits per heavy atom. The second-order valence-electron chi connectivity index (χ2n) is 4.51. The van der Waals surface area contributed by atoms with Crippen LogP contribution in [0.2, 0.25) is 0 Å². The van der Waals surface area contributed by atoms with Crippen molar-refractivity contribution in [1.29, 1.82) is 0 Å². The van der Waals surface area contributed by atoms with E-state index in [1.165, 1.54) is 38.8 Å². The number of rotatable bonds is 2. The van der Waals surface area contributed by atoms with Crippen LogP contribution in [0.3, 0.4) is 0 Å². The van der Waals surface area contributed by atoms with Gasteiger partial charge in [0.15, 0.2) is 0 Å². The molecule has 3 heteroatoms. The van der Waals surface area contributed by atoms with Crippen molar-refractivity contribution >= 4 is 0 Å². The van der Waals surface area contributed by atoms with E-state index in [0.717, 1.165) is 19.3 Å². The van der Waals surface area contributed by atoms with Gasteiger partial charge in [0.2, 0.25) is 0 Å². The first kappa shape index (κ1) is 10.4. The van der Waals surface area contributed by atoms with Crippen LogP contribution in [0.25, 0.3) is 0 Å². The lowest BCUT2D eigenvalue weighted by Gasteiger charge is -2.38. The molecule has 0 saturated carbocycles. The largest absolute Gasteiger partial charge is 0.396 e. The molecule has 0 amide bonds. The Bertz CT molecular complexity index is 161. The molecule has 14 heavy (non-hydrogen) atoms. The summed E-state index contributed by atoms with van der Waals surface area (Å²) in [4.78, 5) is 2.59. The summed E-state index contributed by atoms with van der Waals surface area (Å²) in [6.45, 7) is 4.60. The Balaban J connectivity index is 1.76. The van der Waals surface area contributed by atoms with Crippen molar-refractivity contribution in [3.8, 4) is 0 Å². The quantitative estimate of drug-likeness (QED) is 0.716. The second-order valence-corrected chi connectivity index (χ2v) is 4.51. The summed E-state index contributed by atoms with van der Waals surface area (Å²) in [6.07, 6.45) is 4.75. The lowest BCUT2D eigenvalue weighted by Crippen LogP contribution is -2.44. The predicted octanol–water partition coefficient (Wildman–Crippen LogP) is 0.870. The van der Waals surface area contributed by atoms with E-state index in [1.807, 2.05) is 0 Å². The van der Waals surface area contributed by atoms with Crippen molar-refractivity contribution in [2.24, 2.45) is 5.92 Å². The molecule has 0 spiro atoms. The number of nitrogens with zero attached hydrogens (tertiary/aromatic N) is 1. The molecule has 0 unspecified atom stereocenters. The molecule has 3 nitrogen and oxygen atoms in total. The van der Waals surface area contributed by atoms with E-state index in [2.05, 4.69) is 4.90 Å². The lowest BCUT2D eigenvalue weighted by atomic mass is 9.95. The second kappa shape index (κ2) is 5.10. The zero-order valence-electron chi connectivity index (χ0n) is 8.82. The topological polar surface area (TPSA) is 32.7 Å². The van der Waals surface area contributed by atoms with Crippen molar-refractivity contribution in [3.05, 3.63) is 0 Å². The van der Waals surface area contributed by atoms with Crippen LogP contribution in [0, 0.1) is 5.92 Å². The fourth-order valence-electron chi connectivity index (χ4n) is 2.55. The minimum absolute atomic E-state index is 0.377. The maximum absolute atomic E-state index is 9.05. The Labute approximate surface area is 86.0 Å². The molecule has 2 fully saturated rings. The number of hydrogen-bond donors (Lipinski definition) is 1. The third-order valence-corrected chi connectivity index (χ3v) is 3.61. The minimum Gasteiger partial charge on any atom is -0.396 e. The van der Waals surface area contributed by atoms with Gasteiger partial charge in [0.1, 0.15) is 0 Å². The van der Waals surface area contributed by atoms with Gasteiger partial charge in [-0.2, -0.15) is 0 Å². The molecule has 2 saturated heterocycles. The van der Waals surface area contributed by atoms with Gasteiger partial charge in [-0.05, 0) is 44.7 Å². The van der Waals surface area contributed by atoms with Crippen LogP contribution >= 0.6 is 0 Å². The lowest BCUT2D eigenvalue weighted by molar-refractivity contribution is 0.0164. The van der Waals surface area contributed by atoms with Gasteiger partial charge in [-0.1, -0.05) is 0 Å². The van der Waals surface area contributed by atoms with E-state index in [9.17, 15) is 0 Å². The highest BCUT2D eigenvalue weighted by molar-refractivity contribution is 4.79. The monoisotopic (exact) mass is 199 g/mol. The van der Waals surface area contributed by atoms with Gasteiger partial charge in [-0.3, -0.25) is 0 Å². The fraction of sp³-hybridized carbons (Fsp3) is 1.00. The normalized spacial score (nSPS) is 28.1. The molecule has 0 aromatic rings. The highest BCUT2D eigenvalue weighted by Crippen LogP contribution is 2.22. The number of aliphatic hydroxyl groups excluding tert-OH is 1. The number of ether oxygens (including phenoxy) is 1. The molecule has 0 radical (unpaired) electrons. The zero-order chi connectivity index (χ0) is 9.80. The van der Waals surface area contributed by atoms with Crippen LogP contribution in [-0.4, -0.2) is 49.0 Å². The smallest absolute Gasteiger partial charge is 0.0480 e. The van der Waals surface area contributed by atoms with Crippen molar-refractivity contribution < 1.29 is 9.84 Å². The molecule has 2 rings (SSSR count). The van der Waals surface area contributed by atoms with Crippen LogP contribution in [-0.2, 0) is 4.74 Å². The molecule has 0 aliphatic carbocycles. The summed E-state index contributed by atoms with van der Waals surface area (Å²) in [6, 6.07) is 0.753. The van der Waals surface area contributed by atoms with E-state index < -0.39 is 0 Å². The number of likely N-dealkylation sites (tertiary alicyclic amines) is 1. The van der Waals surface area contributed by atoms with Crippen LogP contribution in [0.1, 0.15) is 25.7 Å². The summed E-state index contributed by atoms with van der Waals surface area (Å²) in [5, 5.41) is 9.05. The van der Waals surface area contributed by atoms with E-state index in [4.69, 9.17) is 9.84 Å². The maximum Gasteiger partial charge on any atom is 0.0480 e. The first-order valence-corrected chi connectivity index (χ1v) is 5.83. The van der Waals surface area contributed by atoms with Crippen molar-refractivity contribution in [2.45, 2.75) is 31.7 Å². The average Bonchev–Trinajstić information content (AvgIpc) is 2.30. The first-order chi connectivity index (χ1) is 6.90. The van der Waals surface area contributed by atoms with E-state index in [0.29, 0.717) is 12.5 Å². The summed E-state index contributed by atoms with van der Waals surface area (Å²) in [5.41, 5.74) is 0. The molecule has 1 N–H and O–H groups in total. The summed E-state index contributed by atoms with van der Waals surface area (Å²) < 4.78 is 5.37. The van der Waals surface area contributed by atoms with Gasteiger partial charge in [0.25, 0.3) is 0 Å². The summed E-state index contributed by atoms with van der Waals surface area (Å²) in [5.74, 6) is 0.561. The molecule has 0 aromatic heterocycles. The average molecular weight is 199 g/mol. The molecule has 0 atom stereocenters. The van der Waals surface area contributed by atoms with E-state index in [-0.39, 0.29) is 0 Å². The number of hydrogen-bond acceptors (Lipinski definition) is 3. The minimum atomic E-state index is 0.377. The van der Waals surface area contributed by atoms with E-state index in [1.54, 1.807) is 0 Å². The summed E-state index contributed by atoms with van der Waals surface area (Å²) in [7, 11) is 0. The molecule has 0 aromatic carbocycles. The highest BCUT2D eigenvalue weighted by Gasteiger charge is 2.25. The van der Waals surface area contributed by atoms with Gasteiger partial charge in [-0.15, -0.1) is 0 Å². The Morgan fingerprint density at radius 1 is 1.07 bits per heavy atom. The highest BCUT2D eigenvalue weighted by atomic mass is 16.5. The number of aliphatic hydroxyl groups is 1. The van der Waals surface area contributed by atoms with Crippen LogP contribution in [0.5, 0.6) is 0 Å². The third-order valence-electron chi connectivity index (χ3n) is 3.61. The molecular weight excluding hydrogens is 178 g/mol. The summed E-state index contributed by atoms with van der Waals surface area (Å²) >= 11 is 0. The van der Waals surface area contributed by atoms with Crippen LogP contribution in [0.15, 0.2) is 0 Å². The van der Waals surface area contributed by atoms with Crippen molar-refractivity contribution in [1.82, 2.24) is 4.90 Å². The molecule has 2 heterocycles. The van der Waals surface area contributed by atoms with E-state index >= 15 is 0 Å². The molecular formula is C11H21NO2. The number of piperidine rings is 1. The van der Waals surface area contributed by atoms with Crippen LogP contribution < -0.4 is 0 Å². The van der Waals surface area contributed by atoms with Crippen molar-refractivity contribution in [3.63, 3.8) is 0 Å². The van der Waals surface area contributed by atoms with Gasteiger partial charge in [0.05, 0.1) is 0 Å². The third kappa shape index (κ3) is 2.47. The van der Waals surface area contributed by atoms with Gasteiger partial charge in [0, 0.05) is 25.9 Å². The Hall–Kier alpha value is -0.120. The van der Waals surface area contributed by atoms with Gasteiger partial charge >= 0.3 is 0 Å².